The average Bonchev–Trinajstić information content (AvgIpc) is 3.15. The number of halogens is 1. The number of aliphatic hydroxyl groups excluding tert-OH is 1. The Labute approximate surface area is 162 Å². The number of tetrazole rings is 1. The van der Waals surface area contributed by atoms with Crippen molar-refractivity contribution in [2.45, 2.75) is 55.7 Å². The molecule has 142 valence electrons. The molecule has 1 heterocycles. The van der Waals surface area contributed by atoms with Crippen LogP contribution in [0.5, 0.6) is 0 Å². The molecule has 0 spiro atoms. The summed E-state index contributed by atoms with van der Waals surface area (Å²) in [6, 6.07) is 6.93. The van der Waals surface area contributed by atoms with Crippen molar-refractivity contribution in [3.8, 4) is 0 Å². The molecule has 2 aromatic rings. The molecule has 2 unspecified atom stereocenters. The van der Waals surface area contributed by atoms with E-state index in [-0.39, 0.29) is 17.0 Å². The van der Waals surface area contributed by atoms with Crippen LogP contribution in [0.4, 0.5) is 0 Å². The largest absolute Gasteiger partial charge is 0.378 e. The summed E-state index contributed by atoms with van der Waals surface area (Å²) < 4.78 is 0. The lowest BCUT2D eigenvalue weighted by Crippen LogP contribution is -2.66. The van der Waals surface area contributed by atoms with Crippen LogP contribution in [-0.2, 0) is 10.3 Å². The molecule has 4 saturated carbocycles. The van der Waals surface area contributed by atoms with E-state index < -0.39 is 6.10 Å². The van der Waals surface area contributed by atoms with E-state index in [1.807, 2.05) is 0 Å². The zero-order valence-electron chi connectivity index (χ0n) is 14.9. The molecule has 0 aliphatic heterocycles. The van der Waals surface area contributed by atoms with Gasteiger partial charge in [-0.05, 0) is 61.6 Å². The fourth-order valence-electron chi connectivity index (χ4n) is 6.15. The van der Waals surface area contributed by atoms with Crippen LogP contribution in [-0.4, -0.2) is 36.8 Å². The molecule has 1 amide bonds. The van der Waals surface area contributed by atoms with E-state index in [0.29, 0.717) is 22.4 Å². The number of carbonyl (C=O) groups is 1. The predicted molar refractivity (Wildman–Crippen MR) is 97.8 cm³/mol. The normalized spacial score (nSPS) is 35.2. The fourth-order valence-corrected chi connectivity index (χ4v) is 6.39. The zero-order chi connectivity index (χ0) is 18.6. The third-order valence-corrected chi connectivity index (χ3v) is 6.98. The second kappa shape index (κ2) is 6.01. The molecule has 4 aliphatic rings. The Hall–Kier alpha value is -1.99. The van der Waals surface area contributed by atoms with Gasteiger partial charge in [0.2, 0.25) is 0 Å². The number of nitrogens with one attached hydrogen (secondary N) is 1. The first-order chi connectivity index (χ1) is 13.0. The van der Waals surface area contributed by atoms with Crippen LogP contribution in [0.3, 0.4) is 0 Å². The average molecular weight is 388 g/mol. The molecule has 5 atom stereocenters. The molecule has 0 radical (unpaired) electrons. The maximum atomic E-state index is 12.9. The smallest absolute Gasteiger partial charge is 0.253 e. The molecule has 4 bridgehead atoms. The standard InChI is InChI=1S/C19H22ClN5O2/c20-15-4-2-1-3-14(15)16(26)17(27)23-18-6-12-5-13(7-18)9-19(8-12,10-18)25-22-11-21-24-25/h1-4,11-13,16,26H,5-10H2,(H,23,27)/t12-,13+,16-,18?,19?/m0/s1. The molecule has 7 nitrogen and oxygen atoms in total. The van der Waals surface area contributed by atoms with Crippen LogP contribution in [0.2, 0.25) is 5.02 Å². The van der Waals surface area contributed by atoms with Gasteiger partial charge in [0, 0.05) is 16.1 Å². The van der Waals surface area contributed by atoms with Gasteiger partial charge >= 0.3 is 0 Å². The molecule has 1 aromatic carbocycles. The van der Waals surface area contributed by atoms with Gasteiger partial charge in [-0.3, -0.25) is 4.79 Å². The highest BCUT2D eigenvalue weighted by Crippen LogP contribution is 2.60. The van der Waals surface area contributed by atoms with Gasteiger partial charge in [0.1, 0.15) is 0 Å². The highest BCUT2D eigenvalue weighted by molar-refractivity contribution is 6.31. The summed E-state index contributed by atoms with van der Waals surface area (Å²) in [5, 5.41) is 26.6. The molecular formula is C19H22ClN5O2. The van der Waals surface area contributed by atoms with E-state index >= 15 is 0 Å². The predicted octanol–water partition coefficient (Wildman–Crippen LogP) is 2.22. The van der Waals surface area contributed by atoms with E-state index in [1.165, 1.54) is 12.7 Å². The fraction of sp³-hybridized carbons (Fsp3) is 0.579. The number of rotatable bonds is 4. The molecule has 4 aliphatic carbocycles. The number of benzene rings is 1. The van der Waals surface area contributed by atoms with E-state index in [0.717, 1.165) is 32.1 Å². The van der Waals surface area contributed by atoms with Crippen LogP contribution in [0, 0.1) is 11.8 Å². The van der Waals surface area contributed by atoms with Crippen molar-refractivity contribution in [2.24, 2.45) is 11.8 Å². The van der Waals surface area contributed by atoms with Gasteiger partial charge in [-0.15, -0.1) is 10.2 Å². The molecule has 4 fully saturated rings. The topological polar surface area (TPSA) is 92.9 Å². The van der Waals surface area contributed by atoms with E-state index in [1.54, 1.807) is 29.1 Å². The highest BCUT2D eigenvalue weighted by atomic mass is 35.5. The SMILES string of the molecule is O=C(NC12C[C@H]3C[C@@H](C1)CC(n1ncnn1)(C3)C2)[C@@H](O)c1ccccc1Cl. The Bertz CT molecular complexity index is 857. The lowest BCUT2D eigenvalue weighted by Gasteiger charge is -2.61. The van der Waals surface area contributed by atoms with Gasteiger partial charge < -0.3 is 10.4 Å². The van der Waals surface area contributed by atoms with Crippen LogP contribution in [0.15, 0.2) is 30.6 Å². The second-order valence-corrected chi connectivity index (χ2v) is 9.01. The summed E-state index contributed by atoms with van der Waals surface area (Å²) in [6.07, 6.45) is 6.14. The van der Waals surface area contributed by atoms with Crippen molar-refractivity contribution in [3.63, 3.8) is 0 Å². The van der Waals surface area contributed by atoms with E-state index in [9.17, 15) is 9.90 Å². The monoisotopic (exact) mass is 387 g/mol. The van der Waals surface area contributed by atoms with Gasteiger partial charge in [0.25, 0.3) is 5.91 Å². The summed E-state index contributed by atoms with van der Waals surface area (Å²) in [5.74, 6) is 0.691. The van der Waals surface area contributed by atoms with Crippen molar-refractivity contribution in [1.82, 2.24) is 25.5 Å². The summed E-state index contributed by atoms with van der Waals surface area (Å²) in [7, 11) is 0. The summed E-state index contributed by atoms with van der Waals surface area (Å²) in [5.41, 5.74) is -0.0608. The van der Waals surface area contributed by atoms with E-state index in [4.69, 9.17) is 11.6 Å². The first-order valence-corrected chi connectivity index (χ1v) is 9.84. The van der Waals surface area contributed by atoms with Gasteiger partial charge in [0.15, 0.2) is 12.4 Å². The minimum absolute atomic E-state index is 0.177. The molecule has 0 saturated heterocycles. The Morgan fingerprint density at radius 1 is 1.26 bits per heavy atom. The molecule has 27 heavy (non-hydrogen) atoms. The van der Waals surface area contributed by atoms with Crippen molar-refractivity contribution < 1.29 is 9.90 Å². The maximum Gasteiger partial charge on any atom is 0.253 e. The number of aromatic nitrogens is 4. The Kier molecular flexibility index (Phi) is 3.81. The molecule has 6 rings (SSSR count). The Morgan fingerprint density at radius 3 is 2.67 bits per heavy atom. The quantitative estimate of drug-likeness (QED) is 0.839. The second-order valence-electron chi connectivity index (χ2n) is 8.60. The van der Waals surface area contributed by atoms with Crippen LogP contribution in [0.25, 0.3) is 0 Å². The van der Waals surface area contributed by atoms with Gasteiger partial charge in [-0.25, -0.2) is 0 Å². The van der Waals surface area contributed by atoms with Gasteiger partial charge in [-0.1, -0.05) is 29.8 Å². The number of amides is 1. The third kappa shape index (κ3) is 2.75. The lowest BCUT2D eigenvalue weighted by molar-refractivity contribution is -0.139. The van der Waals surface area contributed by atoms with Crippen LogP contribution >= 0.6 is 11.6 Å². The molecule has 8 heteroatoms. The third-order valence-electron chi connectivity index (χ3n) is 6.64. The maximum absolute atomic E-state index is 12.9. The number of aliphatic hydroxyl groups is 1. The van der Waals surface area contributed by atoms with Crippen LogP contribution < -0.4 is 5.32 Å². The first-order valence-electron chi connectivity index (χ1n) is 9.47. The Balaban J connectivity index is 1.42. The lowest BCUT2D eigenvalue weighted by atomic mass is 9.50. The summed E-state index contributed by atoms with van der Waals surface area (Å²) in [4.78, 5) is 14.7. The molecule has 1 aromatic heterocycles. The molecular weight excluding hydrogens is 366 g/mol. The van der Waals surface area contributed by atoms with E-state index in [2.05, 4.69) is 20.7 Å². The van der Waals surface area contributed by atoms with Crippen molar-refractivity contribution in [1.29, 1.82) is 0 Å². The molecule has 2 N–H and O–H groups in total. The minimum atomic E-state index is -1.27. The van der Waals surface area contributed by atoms with Gasteiger partial charge in [0.05, 0.1) is 5.54 Å². The van der Waals surface area contributed by atoms with Gasteiger partial charge in [-0.2, -0.15) is 4.80 Å². The Morgan fingerprint density at radius 2 is 2.00 bits per heavy atom. The minimum Gasteiger partial charge on any atom is -0.378 e. The van der Waals surface area contributed by atoms with Crippen molar-refractivity contribution >= 4 is 17.5 Å². The van der Waals surface area contributed by atoms with Crippen molar-refractivity contribution in [3.05, 3.63) is 41.2 Å². The number of nitrogens with zero attached hydrogens (tertiary/aromatic N) is 4. The number of hydrogen-bond acceptors (Lipinski definition) is 5. The summed E-state index contributed by atoms with van der Waals surface area (Å²) in [6.45, 7) is 0. The number of hydrogen-bond donors (Lipinski definition) is 2. The summed E-state index contributed by atoms with van der Waals surface area (Å²) >= 11 is 6.16. The highest BCUT2D eigenvalue weighted by Gasteiger charge is 2.60. The zero-order valence-corrected chi connectivity index (χ0v) is 15.6. The van der Waals surface area contributed by atoms with Crippen molar-refractivity contribution in [2.75, 3.05) is 0 Å². The number of carbonyl (C=O) groups excluding carboxylic acids is 1. The first kappa shape index (κ1) is 17.1. The van der Waals surface area contributed by atoms with Crippen LogP contribution in [0.1, 0.15) is 50.2 Å².